The maximum atomic E-state index is 11.5. The van der Waals surface area contributed by atoms with Crippen molar-refractivity contribution >= 4 is 9.84 Å². The third-order valence-corrected chi connectivity index (χ3v) is 5.61. The van der Waals surface area contributed by atoms with E-state index in [1.54, 1.807) is 30.5 Å². The Hall–Kier alpha value is -1.75. The van der Waals surface area contributed by atoms with Crippen LogP contribution in [0.25, 0.3) is 11.3 Å². The van der Waals surface area contributed by atoms with Gasteiger partial charge in [0.1, 0.15) is 0 Å². The van der Waals surface area contributed by atoms with Crippen LogP contribution in [0.1, 0.15) is 37.8 Å². The van der Waals surface area contributed by atoms with E-state index in [0.29, 0.717) is 4.90 Å². The highest BCUT2D eigenvalue weighted by Crippen LogP contribution is 2.27. The number of benzene rings is 1. The first-order valence-electron chi connectivity index (χ1n) is 8.14. The van der Waals surface area contributed by atoms with Crippen LogP contribution in [-0.2, 0) is 16.3 Å². The highest BCUT2D eigenvalue weighted by Gasteiger charge is 2.15. The van der Waals surface area contributed by atoms with Gasteiger partial charge in [-0.1, -0.05) is 44.2 Å². The Morgan fingerprint density at radius 2 is 1.74 bits per heavy atom. The summed E-state index contributed by atoms with van der Waals surface area (Å²) in [7, 11) is -3.17. The van der Waals surface area contributed by atoms with Crippen molar-refractivity contribution in [1.29, 1.82) is 0 Å². The predicted octanol–water partition coefficient (Wildman–Crippen LogP) is 3.67. The van der Waals surface area contributed by atoms with Crippen molar-refractivity contribution in [3.05, 3.63) is 42.4 Å². The molecule has 0 amide bonds. The summed E-state index contributed by atoms with van der Waals surface area (Å²) in [5, 5.41) is 0. The number of nitrogens with zero attached hydrogens (tertiary/aromatic N) is 2. The number of aromatic nitrogens is 2. The minimum atomic E-state index is -3.17. The molecule has 0 aliphatic heterocycles. The molecule has 1 aromatic heterocycles. The number of hydrogen-bond acceptors (Lipinski definition) is 4. The van der Waals surface area contributed by atoms with E-state index in [1.807, 2.05) is 6.20 Å². The van der Waals surface area contributed by atoms with E-state index < -0.39 is 9.84 Å². The lowest BCUT2D eigenvalue weighted by atomic mass is 9.86. The van der Waals surface area contributed by atoms with Crippen LogP contribution in [0.3, 0.4) is 0 Å². The fourth-order valence-electron chi connectivity index (χ4n) is 3.20. The quantitative estimate of drug-likeness (QED) is 0.858. The first kappa shape index (κ1) is 16.1. The third kappa shape index (κ3) is 4.16. The second-order valence-electron chi connectivity index (χ2n) is 6.40. The minimum Gasteiger partial charge on any atom is -0.261 e. The summed E-state index contributed by atoms with van der Waals surface area (Å²) in [6.45, 7) is 0. The molecular formula is C18H22N2O2S. The van der Waals surface area contributed by atoms with Gasteiger partial charge in [-0.2, -0.15) is 0 Å². The lowest BCUT2D eigenvalue weighted by Crippen LogP contribution is -2.10. The molecule has 1 heterocycles. The van der Waals surface area contributed by atoms with Crippen molar-refractivity contribution in [3.63, 3.8) is 0 Å². The van der Waals surface area contributed by atoms with Gasteiger partial charge in [0.2, 0.25) is 0 Å². The van der Waals surface area contributed by atoms with Gasteiger partial charge < -0.3 is 0 Å². The number of rotatable bonds is 4. The molecule has 122 valence electrons. The Labute approximate surface area is 137 Å². The normalized spacial score (nSPS) is 16.4. The van der Waals surface area contributed by atoms with Gasteiger partial charge in [-0.25, -0.2) is 13.4 Å². The van der Waals surface area contributed by atoms with Gasteiger partial charge in [-0.15, -0.1) is 0 Å². The largest absolute Gasteiger partial charge is 0.261 e. The van der Waals surface area contributed by atoms with Crippen LogP contribution in [0.15, 0.2) is 41.6 Å². The molecule has 0 saturated heterocycles. The minimum absolute atomic E-state index is 0.326. The van der Waals surface area contributed by atoms with E-state index >= 15 is 0 Å². The predicted molar refractivity (Wildman–Crippen MR) is 90.9 cm³/mol. The number of hydrogen-bond donors (Lipinski definition) is 0. The summed E-state index contributed by atoms with van der Waals surface area (Å²) in [5.74, 6) is 0.723. The van der Waals surface area contributed by atoms with Gasteiger partial charge in [0.05, 0.1) is 22.5 Å². The Kier molecular flexibility index (Phi) is 4.76. The van der Waals surface area contributed by atoms with Crippen molar-refractivity contribution in [3.8, 4) is 11.3 Å². The van der Waals surface area contributed by atoms with E-state index in [1.165, 1.54) is 38.4 Å². The highest BCUT2D eigenvalue weighted by atomic mass is 32.2. The molecule has 0 unspecified atom stereocenters. The van der Waals surface area contributed by atoms with Crippen molar-refractivity contribution in [2.75, 3.05) is 6.26 Å². The van der Waals surface area contributed by atoms with Crippen molar-refractivity contribution in [2.45, 2.75) is 43.4 Å². The summed E-state index contributed by atoms with van der Waals surface area (Å²) >= 11 is 0. The maximum absolute atomic E-state index is 11.5. The van der Waals surface area contributed by atoms with Gasteiger partial charge in [0.15, 0.2) is 9.84 Å². The smallest absolute Gasteiger partial charge is 0.175 e. The molecule has 0 radical (unpaired) electrons. The molecule has 2 aromatic rings. The lowest BCUT2D eigenvalue weighted by molar-refractivity contribution is 0.354. The Balaban J connectivity index is 1.79. The molecule has 1 saturated carbocycles. The van der Waals surface area contributed by atoms with E-state index in [4.69, 9.17) is 4.98 Å². The summed E-state index contributed by atoms with van der Waals surface area (Å²) in [5.41, 5.74) is 2.73. The monoisotopic (exact) mass is 330 g/mol. The molecule has 0 bridgehead atoms. The molecular weight excluding hydrogens is 308 g/mol. The average molecular weight is 330 g/mol. The zero-order chi connectivity index (χ0) is 16.3. The Bertz CT molecular complexity index is 764. The van der Waals surface area contributed by atoms with Crippen LogP contribution in [0.5, 0.6) is 0 Å². The van der Waals surface area contributed by atoms with Gasteiger partial charge in [-0.05, 0) is 24.5 Å². The Morgan fingerprint density at radius 1 is 1.04 bits per heavy atom. The van der Waals surface area contributed by atoms with Gasteiger partial charge in [0.25, 0.3) is 0 Å². The zero-order valence-electron chi connectivity index (χ0n) is 13.4. The maximum Gasteiger partial charge on any atom is 0.175 e. The summed E-state index contributed by atoms with van der Waals surface area (Å²) in [6.07, 6.45) is 12.4. The molecule has 23 heavy (non-hydrogen) atoms. The van der Waals surface area contributed by atoms with Crippen LogP contribution in [0, 0.1) is 5.92 Å². The number of sulfone groups is 1. The second-order valence-corrected chi connectivity index (χ2v) is 8.42. The van der Waals surface area contributed by atoms with E-state index in [-0.39, 0.29) is 0 Å². The lowest BCUT2D eigenvalue weighted by Gasteiger charge is -2.21. The van der Waals surface area contributed by atoms with Crippen LogP contribution >= 0.6 is 0 Å². The molecule has 0 spiro atoms. The van der Waals surface area contributed by atoms with Crippen LogP contribution in [0.2, 0.25) is 0 Å². The summed E-state index contributed by atoms with van der Waals surface area (Å²) in [4.78, 5) is 9.36. The molecule has 1 aliphatic rings. The van der Waals surface area contributed by atoms with E-state index in [9.17, 15) is 8.42 Å². The Morgan fingerprint density at radius 3 is 2.39 bits per heavy atom. The first-order valence-corrected chi connectivity index (χ1v) is 10.0. The van der Waals surface area contributed by atoms with Gasteiger partial charge >= 0.3 is 0 Å². The van der Waals surface area contributed by atoms with Crippen molar-refractivity contribution in [2.24, 2.45) is 5.92 Å². The molecule has 4 nitrogen and oxygen atoms in total. The summed E-state index contributed by atoms with van der Waals surface area (Å²) in [6, 6.07) is 6.84. The molecule has 1 aliphatic carbocycles. The topological polar surface area (TPSA) is 59.9 Å². The van der Waals surface area contributed by atoms with Gasteiger partial charge in [-0.3, -0.25) is 4.98 Å². The standard InChI is InChI=1S/C18H22N2O2S/c1-23(21,22)17-9-7-15(8-10-17)18-13-19-12-16(20-18)11-14-5-3-2-4-6-14/h7-10,12-14H,2-6,11H2,1H3. The van der Waals surface area contributed by atoms with E-state index in [0.717, 1.165) is 29.3 Å². The zero-order valence-corrected chi connectivity index (χ0v) is 14.2. The van der Waals surface area contributed by atoms with Crippen LogP contribution in [-0.4, -0.2) is 24.6 Å². The molecule has 1 aromatic carbocycles. The second kappa shape index (κ2) is 6.79. The van der Waals surface area contributed by atoms with Crippen LogP contribution < -0.4 is 0 Å². The van der Waals surface area contributed by atoms with Crippen molar-refractivity contribution < 1.29 is 8.42 Å². The molecule has 5 heteroatoms. The average Bonchev–Trinajstić information content (AvgIpc) is 2.55. The molecule has 0 atom stereocenters. The summed E-state index contributed by atoms with van der Waals surface area (Å²) < 4.78 is 23.1. The van der Waals surface area contributed by atoms with Crippen LogP contribution in [0.4, 0.5) is 0 Å². The SMILES string of the molecule is CS(=O)(=O)c1ccc(-c2cncc(CC3CCCCC3)n2)cc1. The third-order valence-electron chi connectivity index (χ3n) is 4.49. The fraction of sp³-hybridized carbons (Fsp3) is 0.444. The molecule has 3 rings (SSSR count). The van der Waals surface area contributed by atoms with E-state index in [2.05, 4.69) is 4.98 Å². The van der Waals surface area contributed by atoms with Crippen molar-refractivity contribution in [1.82, 2.24) is 9.97 Å². The van der Waals surface area contributed by atoms with Gasteiger partial charge in [0, 0.05) is 18.0 Å². The molecule has 1 fully saturated rings. The highest BCUT2D eigenvalue weighted by molar-refractivity contribution is 7.90. The molecule has 0 N–H and O–H groups in total. The first-order chi connectivity index (χ1) is 11.0. The fourth-order valence-corrected chi connectivity index (χ4v) is 3.83.